The highest BCUT2D eigenvalue weighted by atomic mass is 16.2. The lowest BCUT2D eigenvalue weighted by molar-refractivity contribution is -0.122. The first-order valence-electron chi connectivity index (χ1n) is 7.47. The van der Waals surface area contributed by atoms with Gasteiger partial charge in [0.15, 0.2) is 5.96 Å². The summed E-state index contributed by atoms with van der Waals surface area (Å²) in [4.78, 5) is 17.9. The van der Waals surface area contributed by atoms with Crippen molar-refractivity contribution in [2.24, 2.45) is 4.99 Å². The Morgan fingerprint density at radius 1 is 1.30 bits per heavy atom. The second-order valence-corrected chi connectivity index (χ2v) is 6.36. The van der Waals surface area contributed by atoms with Crippen LogP contribution >= 0.6 is 0 Å². The molecule has 0 aliphatic carbocycles. The van der Waals surface area contributed by atoms with Gasteiger partial charge in [0.05, 0.1) is 18.2 Å². The van der Waals surface area contributed by atoms with Crippen molar-refractivity contribution in [2.75, 3.05) is 20.6 Å². The Bertz CT molecular complexity index is 593. The first kappa shape index (κ1) is 18.5. The normalized spacial score (nSPS) is 11.6. The largest absolute Gasteiger partial charge is 0.352 e. The van der Waals surface area contributed by atoms with Gasteiger partial charge in [0.1, 0.15) is 0 Å². The van der Waals surface area contributed by atoms with Crippen LogP contribution in [0.5, 0.6) is 0 Å². The highest BCUT2D eigenvalue weighted by Crippen LogP contribution is 2.03. The van der Waals surface area contributed by atoms with Gasteiger partial charge in [-0.15, -0.1) is 0 Å². The van der Waals surface area contributed by atoms with E-state index >= 15 is 0 Å². The Labute approximate surface area is 138 Å². The second kappa shape index (κ2) is 8.18. The van der Waals surface area contributed by atoms with E-state index in [1.165, 1.54) is 0 Å². The van der Waals surface area contributed by atoms with Crippen molar-refractivity contribution in [2.45, 2.75) is 32.9 Å². The van der Waals surface area contributed by atoms with E-state index in [0.29, 0.717) is 18.1 Å². The molecule has 0 aromatic heterocycles. The maximum Gasteiger partial charge on any atom is 0.240 e. The van der Waals surface area contributed by atoms with Crippen molar-refractivity contribution >= 4 is 11.9 Å². The van der Waals surface area contributed by atoms with Crippen molar-refractivity contribution in [1.82, 2.24) is 15.5 Å². The van der Waals surface area contributed by atoms with Crippen LogP contribution in [-0.4, -0.2) is 42.9 Å². The molecule has 0 saturated carbocycles. The van der Waals surface area contributed by atoms with E-state index in [1.807, 2.05) is 40.0 Å². The summed E-state index contributed by atoms with van der Waals surface area (Å²) in [6, 6.07) is 9.44. The molecular weight excluding hydrogens is 290 g/mol. The van der Waals surface area contributed by atoms with Crippen molar-refractivity contribution < 1.29 is 4.79 Å². The molecule has 6 heteroatoms. The number of rotatable bonds is 4. The van der Waals surface area contributed by atoms with E-state index < -0.39 is 0 Å². The molecule has 0 bridgehead atoms. The quantitative estimate of drug-likeness (QED) is 0.651. The number of amides is 1. The van der Waals surface area contributed by atoms with E-state index in [9.17, 15) is 4.79 Å². The van der Waals surface area contributed by atoms with Crippen LogP contribution < -0.4 is 10.6 Å². The predicted octanol–water partition coefficient (Wildman–Crippen LogP) is 1.48. The van der Waals surface area contributed by atoms with Crippen LogP contribution in [0.1, 0.15) is 31.9 Å². The fourth-order valence-electron chi connectivity index (χ4n) is 2.01. The third-order valence-corrected chi connectivity index (χ3v) is 3.00. The maximum atomic E-state index is 12.0. The van der Waals surface area contributed by atoms with E-state index in [-0.39, 0.29) is 18.0 Å². The van der Waals surface area contributed by atoms with Gasteiger partial charge in [-0.05, 0) is 38.5 Å². The Balaban J connectivity index is 2.56. The number of nitrogens with one attached hydrogen (secondary N) is 2. The minimum atomic E-state index is -0.253. The molecule has 0 radical (unpaired) electrons. The lowest BCUT2D eigenvalue weighted by Crippen LogP contribution is -2.48. The Hall–Kier alpha value is -2.55. The van der Waals surface area contributed by atoms with Crippen LogP contribution in [0.25, 0.3) is 0 Å². The van der Waals surface area contributed by atoms with Gasteiger partial charge in [0.2, 0.25) is 5.91 Å². The van der Waals surface area contributed by atoms with E-state index in [2.05, 4.69) is 21.7 Å². The fourth-order valence-corrected chi connectivity index (χ4v) is 2.01. The maximum absolute atomic E-state index is 12.0. The molecule has 0 atom stereocenters. The summed E-state index contributed by atoms with van der Waals surface area (Å²) in [6.45, 7) is 6.64. The minimum Gasteiger partial charge on any atom is -0.352 e. The number of likely N-dealkylation sites (N-methyl/N-ethyl adjacent to an activating group) is 1. The summed E-state index contributed by atoms with van der Waals surface area (Å²) in [5.74, 6) is 0.583. The Morgan fingerprint density at radius 2 is 1.91 bits per heavy atom. The van der Waals surface area contributed by atoms with Crippen LogP contribution in [0.3, 0.4) is 0 Å². The first-order chi connectivity index (χ1) is 10.7. The molecule has 1 amide bonds. The number of nitriles is 1. The zero-order valence-electron chi connectivity index (χ0n) is 14.5. The van der Waals surface area contributed by atoms with Crippen LogP contribution in [0.4, 0.5) is 0 Å². The minimum absolute atomic E-state index is 0.0543. The van der Waals surface area contributed by atoms with Gasteiger partial charge >= 0.3 is 0 Å². The van der Waals surface area contributed by atoms with Crippen molar-refractivity contribution in [3.63, 3.8) is 0 Å². The highest BCUT2D eigenvalue weighted by molar-refractivity contribution is 5.86. The number of guanidine groups is 1. The number of carbonyl (C=O) groups is 1. The number of benzene rings is 1. The summed E-state index contributed by atoms with van der Waals surface area (Å²) >= 11 is 0. The predicted molar refractivity (Wildman–Crippen MR) is 91.9 cm³/mol. The van der Waals surface area contributed by atoms with Crippen LogP contribution in [0, 0.1) is 11.3 Å². The van der Waals surface area contributed by atoms with Crippen molar-refractivity contribution in [1.29, 1.82) is 5.26 Å². The third kappa shape index (κ3) is 6.83. The monoisotopic (exact) mass is 315 g/mol. The average molecular weight is 315 g/mol. The molecule has 1 aromatic carbocycles. The van der Waals surface area contributed by atoms with Crippen molar-refractivity contribution in [3.05, 3.63) is 35.4 Å². The molecule has 2 N–H and O–H groups in total. The summed E-state index contributed by atoms with van der Waals surface area (Å²) in [6.07, 6.45) is 0. The topological polar surface area (TPSA) is 80.5 Å². The van der Waals surface area contributed by atoms with Crippen LogP contribution in [0.2, 0.25) is 0 Å². The molecule has 0 unspecified atom stereocenters. The number of hydrogen-bond acceptors (Lipinski definition) is 3. The van der Waals surface area contributed by atoms with Gasteiger partial charge in [-0.2, -0.15) is 5.26 Å². The summed E-state index contributed by atoms with van der Waals surface area (Å²) < 4.78 is 0. The van der Waals surface area contributed by atoms with Crippen LogP contribution in [0.15, 0.2) is 29.3 Å². The first-order valence-corrected chi connectivity index (χ1v) is 7.47. The van der Waals surface area contributed by atoms with Gasteiger partial charge in [-0.25, -0.2) is 0 Å². The molecule has 0 fully saturated rings. The lowest BCUT2D eigenvalue weighted by atomic mass is 10.1. The van der Waals surface area contributed by atoms with Crippen LogP contribution in [-0.2, 0) is 11.3 Å². The molecular formula is C17H25N5O. The van der Waals surface area contributed by atoms with Gasteiger partial charge in [0, 0.05) is 26.2 Å². The number of carbonyl (C=O) groups excluding carboxylic acids is 1. The fraction of sp³-hybridized carbons (Fsp3) is 0.471. The molecule has 23 heavy (non-hydrogen) atoms. The molecule has 1 aromatic rings. The van der Waals surface area contributed by atoms with E-state index in [1.54, 1.807) is 24.1 Å². The third-order valence-electron chi connectivity index (χ3n) is 3.00. The average Bonchev–Trinajstić information content (AvgIpc) is 2.46. The van der Waals surface area contributed by atoms with Gasteiger partial charge in [-0.3, -0.25) is 9.79 Å². The standard InChI is InChI=1S/C17H25N5O/c1-17(2,3)21-15(23)12-22(5)16(19-4)20-11-14-8-6-13(10-18)7-9-14/h6-9H,11-12H2,1-5H3,(H,19,20)(H,21,23). The molecule has 124 valence electrons. The summed E-state index contributed by atoms with van der Waals surface area (Å²) in [5.41, 5.74) is 1.42. The molecule has 0 aliphatic heterocycles. The molecule has 0 spiro atoms. The SMILES string of the molecule is CN=C(NCc1ccc(C#N)cc1)N(C)CC(=O)NC(C)(C)C. The molecule has 0 heterocycles. The van der Waals surface area contributed by atoms with Crippen molar-refractivity contribution in [3.8, 4) is 6.07 Å². The number of aliphatic imine (C=N–C) groups is 1. The summed E-state index contributed by atoms with van der Waals surface area (Å²) in [7, 11) is 3.50. The highest BCUT2D eigenvalue weighted by Gasteiger charge is 2.16. The van der Waals surface area contributed by atoms with Gasteiger partial charge < -0.3 is 15.5 Å². The Morgan fingerprint density at radius 3 is 2.39 bits per heavy atom. The molecule has 1 rings (SSSR count). The summed E-state index contributed by atoms with van der Waals surface area (Å²) in [5, 5.41) is 14.9. The van der Waals surface area contributed by atoms with E-state index in [4.69, 9.17) is 5.26 Å². The number of nitrogens with zero attached hydrogens (tertiary/aromatic N) is 3. The molecule has 6 nitrogen and oxygen atoms in total. The van der Waals surface area contributed by atoms with E-state index in [0.717, 1.165) is 5.56 Å². The molecule has 0 saturated heterocycles. The lowest BCUT2D eigenvalue weighted by Gasteiger charge is -2.25. The van der Waals surface area contributed by atoms with Gasteiger partial charge in [-0.1, -0.05) is 12.1 Å². The zero-order chi connectivity index (χ0) is 17.5. The van der Waals surface area contributed by atoms with Gasteiger partial charge in [0.25, 0.3) is 0 Å². The smallest absolute Gasteiger partial charge is 0.240 e. The zero-order valence-corrected chi connectivity index (χ0v) is 14.5. The Kier molecular flexibility index (Phi) is 6.58. The molecule has 0 aliphatic rings. The number of hydrogen-bond donors (Lipinski definition) is 2. The second-order valence-electron chi connectivity index (χ2n) is 6.36.